The van der Waals surface area contributed by atoms with Crippen LogP contribution in [0.3, 0.4) is 0 Å². The van der Waals surface area contributed by atoms with Crippen molar-refractivity contribution in [3.05, 3.63) is 82.5 Å². The van der Waals surface area contributed by atoms with Crippen molar-refractivity contribution in [3.8, 4) is 33.9 Å². The third-order valence-electron chi connectivity index (χ3n) is 6.59. The lowest BCUT2D eigenvalue weighted by Gasteiger charge is -2.38. The summed E-state index contributed by atoms with van der Waals surface area (Å²) in [7, 11) is 0. The molecule has 0 atom stereocenters. The molecule has 1 fully saturated rings. The van der Waals surface area contributed by atoms with E-state index in [0.29, 0.717) is 47.0 Å². The zero-order chi connectivity index (χ0) is 21.7. The lowest BCUT2D eigenvalue weighted by atomic mass is 9.72. The highest BCUT2D eigenvalue weighted by atomic mass is 16.6. The van der Waals surface area contributed by atoms with Crippen molar-refractivity contribution in [2.75, 3.05) is 13.2 Å². The molecule has 2 N–H and O–H groups in total. The van der Waals surface area contributed by atoms with E-state index < -0.39 is 0 Å². The summed E-state index contributed by atoms with van der Waals surface area (Å²) < 4.78 is 17.7. The molecule has 160 valence electrons. The number of rotatable bonds is 3. The largest absolute Gasteiger partial charge is 0.486 e. The maximum absolute atomic E-state index is 13.8. The predicted octanol–water partition coefficient (Wildman–Crippen LogP) is 5.24. The lowest BCUT2D eigenvalue weighted by molar-refractivity contribution is 0.172. The number of ether oxygens (including phenoxy) is 2. The van der Waals surface area contributed by atoms with E-state index >= 15 is 0 Å². The second kappa shape index (κ2) is 7.24. The second-order valence-electron chi connectivity index (χ2n) is 8.58. The van der Waals surface area contributed by atoms with Crippen LogP contribution < -0.4 is 20.6 Å². The van der Waals surface area contributed by atoms with Crippen LogP contribution in [0, 0.1) is 0 Å². The Morgan fingerprint density at radius 2 is 1.50 bits per heavy atom. The fraction of sp³-hybridized carbons (Fsp3) is 0.222. The third-order valence-corrected chi connectivity index (χ3v) is 6.59. The van der Waals surface area contributed by atoms with E-state index in [1.54, 1.807) is 12.1 Å². The minimum absolute atomic E-state index is 0.0964. The van der Waals surface area contributed by atoms with Gasteiger partial charge >= 0.3 is 0 Å². The van der Waals surface area contributed by atoms with Crippen LogP contribution >= 0.6 is 0 Å². The van der Waals surface area contributed by atoms with E-state index in [2.05, 4.69) is 0 Å². The fourth-order valence-electron chi connectivity index (χ4n) is 4.60. The Balaban J connectivity index is 1.58. The molecular weight excluding hydrogens is 402 g/mol. The van der Waals surface area contributed by atoms with Gasteiger partial charge in [-0.1, -0.05) is 54.6 Å². The molecule has 4 aromatic rings. The highest BCUT2D eigenvalue weighted by molar-refractivity contribution is 5.90. The van der Waals surface area contributed by atoms with Crippen LogP contribution in [0.5, 0.6) is 11.5 Å². The molecule has 1 aliphatic heterocycles. The predicted molar refractivity (Wildman–Crippen MR) is 124 cm³/mol. The molecular formula is C27H23NO4. The van der Waals surface area contributed by atoms with Crippen LogP contribution in [0.25, 0.3) is 33.4 Å². The molecule has 0 spiro atoms. The summed E-state index contributed by atoms with van der Waals surface area (Å²) in [6.45, 7) is 0.933. The van der Waals surface area contributed by atoms with Gasteiger partial charge in [0, 0.05) is 17.2 Å². The number of benzene rings is 3. The summed E-state index contributed by atoms with van der Waals surface area (Å²) in [4.78, 5) is 13.8. The number of hydrogen-bond donors (Lipinski definition) is 1. The second-order valence-corrected chi connectivity index (χ2v) is 8.58. The molecule has 32 heavy (non-hydrogen) atoms. The van der Waals surface area contributed by atoms with Crippen LogP contribution in [0.1, 0.15) is 24.8 Å². The normalized spacial score (nSPS) is 16.5. The van der Waals surface area contributed by atoms with Gasteiger partial charge in [0.25, 0.3) is 0 Å². The van der Waals surface area contributed by atoms with Crippen molar-refractivity contribution >= 4 is 11.0 Å². The van der Waals surface area contributed by atoms with Crippen molar-refractivity contribution in [2.45, 2.75) is 24.8 Å². The zero-order valence-corrected chi connectivity index (χ0v) is 17.6. The molecule has 3 aromatic carbocycles. The molecule has 6 rings (SSSR count). The summed E-state index contributed by atoms with van der Waals surface area (Å²) >= 11 is 0. The molecule has 1 aromatic heterocycles. The number of fused-ring (bicyclic) bond motifs is 2. The Kier molecular flexibility index (Phi) is 4.33. The lowest BCUT2D eigenvalue weighted by Crippen LogP contribution is -2.43. The highest BCUT2D eigenvalue weighted by Gasteiger charge is 2.34. The first kappa shape index (κ1) is 19.1. The molecule has 0 saturated heterocycles. The van der Waals surface area contributed by atoms with Gasteiger partial charge in [0.1, 0.15) is 24.6 Å². The zero-order valence-electron chi connectivity index (χ0n) is 17.6. The molecule has 0 radical (unpaired) electrons. The van der Waals surface area contributed by atoms with Gasteiger partial charge in [-0.3, -0.25) is 4.79 Å². The topological polar surface area (TPSA) is 74.7 Å². The molecule has 5 heteroatoms. The smallest absolute Gasteiger partial charge is 0.201 e. The van der Waals surface area contributed by atoms with Gasteiger partial charge in [-0.25, -0.2) is 0 Å². The van der Waals surface area contributed by atoms with Crippen molar-refractivity contribution in [2.24, 2.45) is 5.73 Å². The monoisotopic (exact) mass is 425 g/mol. The highest BCUT2D eigenvalue weighted by Crippen LogP contribution is 2.41. The van der Waals surface area contributed by atoms with E-state index in [-0.39, 0.29) is 11.0 Å². The van der Waals surface area contributed by atoms with Gasteiger partial charge < -0.3 is 19.6 Å². The van der Waals surface area contributed by atoms with E-state index in [4.69, 9.17) is 19.6 Å². The van der Waals surface area contributed by atoms with Gasteiger partial charge in [0.2, 0.25) is 5.43 Å². The van der Waals surface area contributed by atoms with Crippen LogP contribution in [-0.2, 0) is 5.54 Å². The summed E-state index contributed by atoms with van der Waals surface area (Å²) in [5.74, 6) is 1.70. The van der Waals surface area contributed by atoms with E-state index in [1.807, 2.05) is 54.6 Å². The van der Waals surface area contributed by atoms with Crippen LogP contribution in [0.2, 0.25) is 0 Å². The molecule has 5 nitrogen and oxygen atoms in total. The Hall–Kier alpha value is -3.57. The van der Waals surface area contributed by atoms with Gasteiger partial charge in [-0.05, 0) is 36.5 Å². The van der Waals surface area contributed by atoms with E-state index in [9.17, 15) is 4.79 Å². The average Bonchev–Trinajstić information content (AvgIpc) is 2.82. The van der Waals surface area contributed by atoms with Crippen molar-refractivity contribution in [1.29, 1.82) is 0 Å². The number of nitrogens with two attached hydrogens (primary N) is 1. The van der Waals surface area contributed by atoms with E-state index in [1.165, 1.54) is 0 Å². The molecule has 0 unspecified atom stereocenters. The summed E-state index contributed by atoms with van der Waals surface area (Å²) in [5, 5.41) is 0.474. The van der Waals surface area contributed by atoms with Crippen LogP contribution in [-0.4, -0.2) is 13.2 Å². The van der Waals surface area contributed by atoms with Crippen LogP contribution in [0.15, 0.2) is 75.9 Å². The Morgan fingerprint density at radius 1 is 0.812 bits per heavy atom. The first-order valence-electron chi connectivity index (χ1n) is 11.0. The number of hydrogen-bond acceptors (Lipinski definition) is 5. The molecule has 1 aliphatic carbocycles. The molecule has 2 aliphatic rings. The average molecular weight is 425 g/mol. The Bertz CT molecular complexity index is 1370. The Morgan fingerprint density at radius 3 is 2.16 bits per heavy atom. The molecule has 0 amide bonds. The fourth-order valence-corrected chi connectivity index (χ4v) is 4.60. The first-order valence-corrected chi connectivity index (χ1v) is 11.0. The van der Waals surface area contributed by atoms with Gasteiger partial charge in [0.05, 0.1) is 10.9 Å². The minimum atomic E-state index is -0.245. The summed E-state index contributed by atoms with van der Waals surface area (Å²) in [6, 6.07) is 21.2. The van der Waals surface area contributed by atoms with Gasteiger partial charge in [0.15, 0.2) is 11.5 Å². The SMILES string of the molecule is NC1(c2ccc(-c3c(-c4ccccc4)oc4cc5c(cc4c3=O)OCCO5)cc2)CCC1. The maximum atomic E-state index is 13.8. The van der Waals surface area contributed by atoms with Gasteiger partial charge in [-0.2, -0.15) is 0 Å². The maximum Gasteiger partial charge on any atom is 0.201 e. The van der Waals surface area contributed by atoms with Crippen molar-refractivity contribution in [3.63, 3.8) is 0 Å². The van der Waals surface area contributed by atoms with Crippen molar-refractivity contribution < 1.29 is 13.9 Å². The standard InChI is InChI=1S/C27H23NO4/c28-27(11-4-12-27)19-9-7-17(8-10-19)24-25(29)20-15-22-23(31-14-13-30-22)16-21(20)32-26(24)18-5-2-1-3-6-18/h1-3,5-10,15-16H,4,11-14,28H2. The molecule has 0 bridgehead atoms. The first-order chi connectivity index (χ1) is 15.6. The summed E-state index contributed by atoms with van der Waals surface area (Å²) in [5.41, 5.74) is 9.93. The van der Waals surface area contributed by atoms with Crippen LogP contribution in [0.4, 0.5) is 0 Å². The summed E-state index contributed by atoms with van der Waals surface area (Å²) in [6.07, 6.45) is 3.14. The molecule has 2 heterocycles. The Labute approximate surface area is 185 Å². The van der Waals surface area contributed by atoms with E-state index in [0.717, 1.165) is 36.0 Å². The van der Waals surface area contributed by atoms with Gasteiger partial charge in [-0.15, -0.1) is 0 Å². The quantitative estimate of drug-likeness (QED) is 0.486. The molecule has 1 saturated carbocycles. The third kappa shape index (κ3) is 3.00. The minimum Gasteiger partial charge on any atom is -0.486 e. The van der Waals surface area contributed by atoms with Crippen molar-refractivity contribution in [1.82, 2.24) is 0 Å².